The first-order valence-electron chi connectivity index (χ1n) is 8.38. The Morgan fingerprint density at radius 1 is 1.04 bits per heavy atom. The first kappa shape index (κ1) is 19.3. The lowest BCUT2D eigenvalue weighted by Crippen LogP contribution is -2.40. The molecule has 0 unspecified atom stereocenters. The van der Waals surface area contributed by atoms with Gasteiger partial charge >= 0.3 is 0 Å². The number of anilines is 1. The molecule has 0 radical (unpaired) electrons. The summed E-state index contributed by atoms with van der Waals surface area (Å²) in [7, 11) is 0. The lowest BCUT2D eigenvalue weighted by Gasteiger charge is -2.27. The van der Waals surface area contributed by atoms with Crippen molar-refractivity contribution in [1.82, 2.24) is 10.2 Å². The van der Waals surface area contributed by atoms with Gasteiger partial charge in [0.05, 0.1) is 23.9 Å². The lowest BCUT2D eigenvalue weighted by molar-refractivity contribution is 0.0303. The summed E-state index contributed by atoms with van der Waals surface area (Å²) in [5, 5.41) is 5.97. The maximum absolute atomic E-state index is 12.6. The number of amides is 2. The monoisotopic (exact) mass is 403 g/mol. The van der Waals surface area contributed by atoms with Crippen molar-refractivity contribution in [2.24, 2.45) is 0 Å². The number of nitrogens with one attached hydrogen (secondary N) is 2. The Hall–Kier alpha value is -2.48. The minimum atomic E-state index is -0.329. The summed E-state index contributed by atoms with van der Waals surface area (Å²) in [6, 6.07) is 13.6. The van der Waals surface area contributed by atoms with Crippen LogP contribution < -0.4 is 10.6 Å². The Kier molecular flexibility index (Phi) is 6.39. The largest absolute Gasteiger partial charge is 0.378 e. The molecule has 1 fully saturated rings. The minimum Gasteiger partial charge on any atom is -0.378 e. The number of carbonyl (C=O) groups excluding carboxylic acids is 2. The second-order valence-electron chi connectivity index (χ2n) is 5.87. The molecule has 2 amide bonds. The van der Waals surface area contributed by atoms with Crippen molar-refractivity contribution in [2.75, 3.05) is 31.6 Å². The fraction of sp³-hybridized carbons (Fsp3) is 0.211. The van der Waals surface area contributed by atoms with Crippen LogP contribution >= 0.6 is 23.8 Å². The number of rotatable bonds is 3. The average Bonchev–Trinajstić information content (AvgIpc) is 2.70. The standard InChI is InChI=1S/C19H18ClN3O3S/c20-15-7-6-14(18(25)23-8-10-26-11-9-23)12-16(15)21-19(27)22-17(24)13-4-2-1-3-5-13/h1-7,12H,8-11H2,(H2,21,22,24,27). The van der Waals surface area contributed by atoms with Gasteiger partial charge in [-0.25, -0.2) is 0 Å². The molecule has 0 saturated carbocycles. The van der Waals surface area contributed by atoms with Gasteiger partial charge in [0.2, 0.25) is 0 Å². The molecule has 1 saturated heterocycles. The van der Waals surface area contributed by atoms with Gasteiger partial charge in [0.25, 0.3) is 11.8 Å². The van der Waals surface area contributed by atoms with E-state index in [-0.39, 0.29) is 16.9 Å². The summed E-state index contributed by atoms with van der Waals surface area (Å²) in [6.45, 7) is 2.16. The van der Waals surface area contributed by atoms with E-state index in [2.05, 4.69) is 10.6 Å². The van der Waals surface area contributed by atoms with E-state index in [1.165, 1.54) is 0 Å². The van der Waals surface area contributed by atoms with Crippen LogP contribution in [0, 0.1) is 0 Å². The number of thiocarbonyl (C=S) groups is 1. The van der Waals surface area contributed by atoms with E-state index in [1.54, 1.807) is 47.4 Å². The van der Waals surface area contributed by atoms with Crippen LogP contribution in [0.25, 0.3) is 0 Å². The number of hydrogen-bond donors (Lipinski definition) is 2. The van der Waals surface area contributed by atoms with Crippen LogP contribution in [0.15, 0.2) is 48.5 Å². The maximum atomic E-state index is 12.6. The molecule has 6 nitrogen and oxygen atoms in total. The maximum Gasteiger partial charge on any atom is 0.257 e. The number of carbonyl (C=O) groups is 2. The highest BCUT2D eigenvalue weighted by Gasteiger charge is 2.19. The third-order valence-corrected chi connectivity index (χ3v) is 4.56. The molecule has 1 aliphatic heterocycles. The van der Waals surface area contributed by atoms with Crippen LogP contribution in [0.3, 0.4) is 0 Å². The number of nitrogens with zero attached hydrogens (tertiary/aromatic N) is 1. The van der Waals surface area contributed by atoms with Gasteiger partial charge in [0.1, 0.15) is 0 Å². The first-order chi connectivity index (χ1) is 13.0. The highest BCUT2D eigenvalue weighted by Crippen LogP contribution is 2.24. The highest BCUT2D eigenvalue weighted by molar-refractivity contribution is 7.80. The Bertz CT molecular complexity index is 855. The van der Waals surface area contributed by atoms with E-state index in [0.29, 0.717) is 48.1 Å². The van der Waals surface area contributed by atoms with Crippen molar-refractivity contribution in [3.8, 4) is 0 Å². The van der Waals surface area contributed by atoms with Crippen molar-refractivity contribution in [3.63, 3.8) is 0 Å². The molecule has 8 heteroatoms. The van der Waals surface area contributed by atoms with Gasteiger partial charge in [-0.2, -0.15) is 0 Å². The van der Waals surface area contributed by atoms with E-state index < -0.39 is 0 Å². The summed E-state index contributed by atoms with van der Waals surface area (Å²) in [6.07, 6.45) is 0. The molecule has 3 rings (SSSR count). The second-order valence-corrected chi connectivity index (χ2v) is 6.69. The third-order valence-electron chi connectivity index (χ3n) is 4.02. The van der Waals surface area contributed by atoms with Crippen LogP contribution in [-0.4, -0.2) is 48.1 Å². The zero-order valence-corrected chi connectivity index (χ0v) is 16.0. The Balaban J connectivity index is 1.68. The van der Waals surface area contributed by atoms with E-state index >= 15 is 0 Å². The molecule has 2 N–H and O–H groups in total. The Morgan fingerprint density at radius 3 is 2.44 bits per heavy atom. The quantitative estimate of drug-likeness (QED) is 0.771. The summed E-state index contributed by atoms with van der Waals surface area (Å²) in [5.41, 5.74) is 1.43. The van der Waals surface area contributed by atoms with Gasteiger partial charge in [-0.3, -0.25) is 14.9 Å². The van der Waals surface area contributed by atoms with Gasteiger partial charge in [-0.05, 0) is 42.5 Å². The van der Waals surface area contributed by atoms with Crippen LogP contribution in [-0.2, 0) is 4.74 Å². The predicted molar refractivity (Wildman–Crippen MR) is 108 cm³/mol. The van der Waals surface area contributed by atoms with E-state index in [9.17, 15) is 9.59 Å². The first-order valence-corrected chi connectivity index (χ1v) is 9.17. The number of hydrogen-bond acceptors (Lipinski definition) is 4. The van der Waals surface area contributed by atoms with Crippen LogP contribution in [0.5, 0.6) is 0 Å². The van der Waals surface area contributed by atoms with Crippen molar-refractivity contribution in [1.29, 1.82) is 0 Å². The van der Waals surface area contributed by atoms with Crippen LogP contribution in [0.2, 0.25) is 5.02 Å². The third kappa shape index (κ3) is 5.03. The molecule has 2 aromatic rings. The zero-order valence-electron chi connectivity index (χ0n) is 14.4. The predicted octanol–water partition coefficient (Wildman–Crippen LogP) is 2.94. The Labute approximate surface area is 167 Å². The second kappa shape index (κ2) is 8.94. The molecule has 1 aliphatic rings. The fourth-order valence-corrected chi connectivity index (χ4v) is 2.99. The molecule has 27 heavy (non-hydrogen) atoms. The molecule has 0 atom stereocenters. The summed E-state index contributed by atoms with van der Waals surface area (Å²) >= 11 is 11.4. The molecule has 140 valence electrons. The lowest BCUT2D eigenvalue weighted by atomic mass is 10.1. The molecular formula is C19H18ClN3O3S. The highest BCUT2D eigenvalue weighted by atomic mass is 35.5. The normalized spacial score (nSPS) is 13.7. The van der Waals surface area contributed by atoms with E-state index in [4.69, 9.17) is 28.6 Å². The van der Waals surface area contributed by atoms with Gasteiger partial charge < -0.3 is 15.0 Å². The van der Waals surface area contributed by atoms with E-state index in [1.807, 2.05) is 6.07 Å². The fourth-order valence-electron chi connectivity index (χ4n) is 2.62. The molecule has 0 aliphatic carbocycles. The molecular weight excluding hydrogens is 386 g/mol. The van der Waals surface area contributed by atoms with Crippen LogP contribution in [0.4, 0.5) is 5.69 Å². The SMILES string of the molecule is O=C(NC(=S)Nc1cc(C(=O)N2CCOCC2)ccc1Cl)c1ccccc1. The summed E-state index contributed by atoms with van der Waals surface area (Å²) < 4.78 is 5.27. The molecule has 1 heterocycles. The average molecular weight is 404 g/mol. The summed E-state index contributed by atoms with van der Waals surface area (Å²) in [5.74, 6) is -0.429. The zero-order chi connectivity index (χ0) is 19.2. The van der Waals surface area contributed by atoms with Gasteiger partial charge in [0, 0.05) is 24.2 Å². The molecule has 2 aromatic carbocycles. The minimum absolute atomic E-state index is 0.0988. The molecule has 0 aromatic heterocycles. The van der Waals surface area contributed by atoms with Crippen molar-refractivity contribution < 1.29 is 14.3 Å². The van der Waals surface area contributed by atoms with Gasteiger partial charge in [0.15, 0.2) is 5.11 Å². The molecule has 0 spiro atoms. The van der Waals surface area contributed by atoms with E-state index in [0.717, 1.165) is 0 Å². The topological polar surface area (TPSA) is 70.7 Å². The van der Waals surface area contributed by atoms with Crippen LogP contribution in [0.1, 0.15) is 20.7 Å². The van der Waals surface area contributed by atoms with Crippen molar-refractivity contribution >= 4 is 46.4 Å². The van der Waals surface area contributed by atoms with Gasteiger partial charge in [-0.1, -0.05) is 29.8 Å². The number of halogens is 1. The smallest absolute Gasteiger partial charge is 0.257 e. The number of ether oxygens (including phenoxy) is 1. The Morgan fingerprint density at radius 2 is 1.74 bits per heavy atom. The van der Waals surface area contributed by atoms with Gasteiger partial charge in [-0.15, -0.1) is 0 Å². The molecule has 0 bridgehead atoms. The number of morpholine rings is 1. The van der Waals surface area contributed by atoms with Crippen molar-refractivity contribution in [3.05, 3.63) is 64.7 Å². The van der Waals surface area contributed by atoms with Crippen molar-refractivity contribution in [2.45, 2.75) is 0 Å². The summed E-state index contributed by atoms with van der Waals surface area (Å²) in [4.78, 5) is 26.5. The number of benzene rings is 2.